The lowest BCUT2D eigenvalue weighted by Gasteiger charge is -2.20. The van der Waals surface area contributed by atoms with Crippen LogP contribution in [0.2, 0.25) is 0 Å². The number of esters is 2. The molecule has 1 aliphatic carbocycles. The van der Waals surface area contributed by atoms with Crippen molar-refractivity contribution in [2.75, 3.05) is 25.6 Å². The third-order valence-electron chi connectivity index (χ3n) is 4.94. The molecule has 1 aliphatic heterocycles. The van der Waals surface area contributed by atoms with Gasteiger partial charge in [0.1, 0.15) is 12.1 Å². The summed E-state index contributed by atoms with van der Waals surface area (Å²) in [6.07, 6.45) is 1.70. The first kappa shape index (κ1) is 20.3. The topological polar surface area (TPSA) is 131 Å². The van der Waals surface area contributed by atoms with Crippen molar-refractivity contribution in [3.05, 3.63) is 29.8 Å². The second-order valence-electron chi connectivity index (χ2n) is 7.08. The largest absolute Gasteiger partial charge is 0.465 e. The number of carbonyl (C=O) groups excluding carboxylic acids is 5. The molecule has 2 aliphatic rings. The van der Waals surface area contributed by atoms with Gasteiger partial charge in [-0.1, -0.05) is 0 Å². The molecule has 0 aromatic heterocycles. The molecule has 1 saturated heterocycles. The molecule has 1 heterocycles. The smallest absolute Gasteiger partial charge is 0.337 e. The van der Waals surface area contributed by atoms with Gasteiger partial charge in [-0.2, -0.15) is 0 Å². The molecular formula is C19H21N3O7. The van der Waals surface area contributed by atoms with E-state index in [-0.39, 0.29) is 5.92 Å². The highest BCUT2D eigenvalue weighted by Gasteiger charge is 2.56. The summed E-state index contributed by atoms with van der Waals surface area (Å²) in [4.78, 5) is 60.5. The Morgan fingerprint density at radius 1 is 1.21 bits per heavy atom. The van der Waals surface area contributed by atoms with E-state index in [9.17, 15) is 24.0 Å². The van der Waals surface area contributed by atoms with E-state index in [1.807, 2.05) is 0 Å². The number of ether oxygens (including phenoxy) is 2. The van der Waals surface area contributed by atoms with Gasteiger partial charge in [0.15, 0.2) is 6.61 Å². The number of carbonyl (C=O) groups is 5. The molecule has 1 saturated carbocycles. The number of methoxy groups -OCH3 is 1. The first-order valence-corrected chi connectivity index (χ1v) is 9.02. The molecule has 1 aromatic carbocycles. The van der Waals surface area contributed by atoms with Gasteiger partial charge in [0.25, 0.3) is 11.8 Å². The summed E-state index contributed by atoms with van der Waals surface area (Å²) in [5.74, 6) is -2.36. The Balaban J connectivity index is 1.47. The van der Waals surface area contributed by atoms with E-state index in [1.54, 1.807) is 6.92 Å². The van der Waals surface area contributed by atoms with Crippen molar-refractivity contribution in [1.82, 2.24) is 10.2 Å². The molecule has 1 atom stereocenters. The molecule has 0 radical (unpaired) electrons. The first-order valence-electron chi connectivity index (χ1n) is 9.02. The molecule has 2 N–H and O–H groups in total. The average Bonchev–Trinajstić information content (AvgIpc) is 3.52. The third kappa shape index (κ3) is 4.36. The number of anilines is 1. The van der Waals surface area contributed by atoms with Crippen molar-refractivity contribution in [2.45, 2.75) is 25.3 Å². The van der Waals surface area contributed by atoms with E-state index >= 15 is 0 Å². The molecule has 0 bridgehead atoms. The van der Waals surface area contributed by atoms with Crippen LogP contribution in [-0.4, -0.2) is 60.5 Å². The number of amides is 4. The van der Waals surface area contributed by atoms with Gasteiger partial charge in [0.05, 0.1) is 12.7 Å². The summed E-state index contributed by atoms with van der Waals surface area (Å²) >= 11 is 0. The van der Waals surface area contributed by atoms with Crippen LogP contribution >= 0.6 is 0 Å². The monoisotopic (exact) mass is 403 g/mol. The Morgan fingerprint density at radius 2 is 1.86 bits per heavy atom. The van der Waals surface area contributed by atoms with E-state index in [0.717, 1.165) is 17.7 Å². The van der Waals surface area contributed by atoms with Gasteiger partial charge in [-0.05, 0) is 49.9 Å². The van der Waals surface area contributed by atoms with Crippen molar-refractivity contribution in [3.63, 3.8) is 0 Å². The minimum Gasteiger partial charge on any atom is -0.465 e. The molecule has 1 aromatic rings. The van der Waals surface area contributed by atoms with Gasteiger partial charge >= 0.3 is 18.0 Å². The molecule has 0 spiro atoms. The van der Waals surface area contributed by atoms with Crippen molar-refractivity contribution in [1.29, 1.82) is 0 Å². The highest BCUT2D eigenvalue weighted by molar-refractivity contribution is 6.09. The fourth-order valence-electron chi connectivity index (χ4n) is 3.12. The van der Waals surface area contributed by atoms with Crippen molar-refractivity contribution < 1.29 is 33.4 Å². The minimum atomic E-state index is -0.981. The van der Waals surface area contributed by atoms with Crippen molar-refractivity contribution in [2.24, 2.45) is 5.92 Å². The molecular weight excluding hydrogens is 382 g/mol. The highest BCUT2D eigenvalue weighted by Crippen LogP contribution is 2.42. The Labute approximate surface area is 166 Å². The van der Waals surface area contributed by atoms with Crippen LogP contribution in [0.25, 0.3) is 0 Å². The standard InChI is InChI=1S/C19H21N3O7/c1-19(12-5-6-12)17(26)22(18(27)21-19)9-15(24)29-10-14(23)20-13-7-3-11(4-8-13)16(25)28-2/h3-4,7-8,12H,5-6,9-10H2,1-2H3,(H,20,23)(H,21,27)/t19-/m1/s1. The lowest BCUT2D eigenvalue weighted by molar-refractivity contribution is -0.150. The Morgan fingerprint density at radius 3 is 2.45 bits per heavy atom. The SMILES string of the molecule is COC(=O)c1ccc(NC(=O)COC(=O)CN2C(=O)N[C@](C)(C3CC3)C2=O)cc1. The summed E-state index contributed by atoms with van der Waals surface area (Å²) in [5.41, 5.74) is -0.262. The van der Waals surface area contributed by atoms with E-state index in [0.29, 0.717) is 11.3 Å². The molecule has 2 fully saturated rings. The zero-order valence-corrected chi connectivity index (χ0v) is 16.0. The summed E-state index contributed by atoms with van der Waals surface area (Å²) in [7, 11) is 1.26. The Kier molecular flexibility index (Phi) is 5.53. The fourth-order valence-corrected chi connectivity index (χ4v) is 3.12. The van der Waals surface area contributed by atoms with Crippen LogP contribution in [0.5, 0.6) is 0 Å². The molecule has 4 amide bonds. The number of hydrogen-bond donors (Lipinski definition) is 2. The predicted molar refractivity (Wildman–Crippen MR) is 98.7 cm³/mol. The zero-order valence-electron chi connectivity index (χ0n) is 16.0. The van der Waals surface area contributed by atoms with Crippen LogP contribution in [0.1, 0.15) is 30.1 Å². The number of nitrogens with zero attached hydrogens (tertiary/aromatic N) is 1. The molecule has 10 heteroatoms. The normalized spacial score (nSPS) is 20.8. The summed E-state index contributed by atoms with van der Waals surface area (Å²) < 4.78 is 9.44. The molecule has 3 rings (SSSR count). The van der Waals surface area contributed by atoms with Gasteiger partial charge in [-0.25, -0.2) is 9.59 Å². The summed E-state index contributed by atoms with van der Waals surface area (Å²) in [6.45, 7) is 0.504. The van der Waals surface area contributed by atoms with Crippen molar-refractivity contribution >= 4 is 35.5 Å². The predicted octanol–water partition coefficient (Wildman–Crippen LogP) is 0.675. The van der Waals surface area contributed by atoms with E-state index in [2.05, 4.69) is 15.4 Å². The van der Waals surface area contributed by atoms with Crippen LogP contribution in [-0.2, 0) is 23.9 Å². The quantitative estimate of drug-likeness (QED) is 0.505. The van der Waals surface area contributed by atoms with Gasteiger partial charge in [-0.3, -0.25) is 19.3 Å². The van der Waals surface area contributed by atoms with Crippen LogP contribution in [0.15, 0.2) is 24.3 Å². The summed E-state index contributed by atoms with van der Waals surface area (Å²) in [6, 6.07) is 5.30. The summed E-state index contributed by atoms with van der Waals surface area (Å²) in [5, 5.41) is 5.13. The van der Waals surface area contributed by atoms with Crippen LogP contribution < -0.4 is 10.6 Å². The maximum Gasteiger partial charge on any atom is 0.337 e. The number of imide groups is 1. The number of urea groups is 1. The third-order valence-corrected chi connectivity index (χ3v) is 4.94. The van der Waals surface area contributed by atoms with Gasteiger partial charge in [0, 0.05) is 5.69 Å². The van der Waals surface area contributed by atoms with Crippen molar-refractivity contribution in [3.8, 4) is 0 Å². The molecule has 29 heavy (non-hydrogen) atoms. The Bertz CT molecular complexity index is 863. The number of rotatable bonds is 7. The second kappa shape index (κ2) is 7.90. The number of nitrogens with one attached hydrogen (secondary N) is 2. The maximum absolute atomic E-state index is 12.5. The van der Waals surface area contributed by atoms with E-state index < -0.39 is 48.5 Å². The van der Waals surface area contributed by atoms with Crippen LogP contribution in [0, 0.1) is 5.92 Å². The fraction of sp³-hybridized carbons (Fsp3) is 0.421. The maximum atomic E-state index is 12.5. The lowest BCUT2D eigenvalue weighted by Crippen LogP contribution is -2.46. The van der Waals surface area contributed by atoms with E-state index in [1.165, 1.54) is 31.4 Å². The van der Waals surface area contributed by atoms with Gasteiger partial charge in [-0.15, -0.1) is 0 Å². The second-order valence-corrected chi connectivity index (χ2v) is 7.08. The number of hydrogen-bond acceptors (Lipinski definition) is 7. The Hall–Kier alpha value is -3.43. The van der Waals surface area contributed by atoms with Crippen LogP contribution in [0.3, 0.4) is 0 Å². The average molecular weight is 403 g/mol. The first-order chi connectivity index (χ1) is 13.7. The van der Waals surface area contributed by atoms with Gasteiger partial charge < -0.3 is 20.1 Å². The molecule has 0 unspecified atom stereocenters. The van der Waals surface area contributed by atoms with Gasteiger partial charge in [0.2, 0.25) is 0 Å². The van der Waals surface area contributed by atoms with Crippen LogP contribution in [0.4, 0.5) is 10.5 Å². The molecule has 154 valence electrons. The lowest BCUT2D eigenvalue weighted by atomic mass is 9.96. The minimum absolute atomic E-state index is 0.0799. The highest BCUT2D eigenvalue weighted by atomic mass is 16.5. The molecule has 10 nitrogen and oxygen atoms in total. The number of benzene rings is 1. The van der Waals surface area contributed by atoms with E-state index in [4.69, 9.17) is 4.74 Å². The zero-order chi connectivity index (χ0) is 21.2.